The number of esters is 1. The van der Waals surface area contributed by atoms with Gasteiger partial charge >= 0.3 is 11.9 Å². The number of amides is 1. The summed E-state index contributed by atoms with van der Waals surface area (Å²) in [6.45, 7) is 0.727. The smallest absolute Gasteiger partial charge is 0.323 e. The van der Waals surface area contributed by atoms with E-state index < -0.39 is 24.4 Å². The Labute approximate surface area is 178 Å². The van der Waals surface area contributed by atoms with Gasteiger partial charge in [-0.1, -0.05) is 30.3 Å². The second kappa shape index (κ2) is 9.12. The van der Waals surface area contributed by atoms with Gasteiger partial charge in [0.05, 0.1) is 14.2 Å². The summed E-state index contributed by atoms with van der Waals surface area (Å²) in [5, 5.41) is 9.23. The lowest BCUT2D eigenvalue weighted by molar-refractivity contribution is -0.140. The lowest BCUT2D eigenvalue weighted by Crippen LogP contribution is -2.37. The molecule has 9 heteroatoms. The third kappa shape index (κ3) is 4.72. The minimum atomic E-state index is -1.16. The van der Waals surface area contributed by atoms with Crippen molar-refractivity contribution in [3.05, 3.63) is 59.3 Å². The summed E-state index contributed by atoms with van der Waals surface area (Å²) in [7, 11) is 2.80. The lowest BCUT2D eigenvalue weighted by atomic mass is 10.1. The normalized spacial score (nSPS) is 14.4. The molecular formula is C22H20N2O7. The Morgan fingerprint density at radius 2 is 1.71 bits per heavy atom. The van der Waals surface area contributed by atoms with Crippen LogP contribution in [0.1, 0.15) is 18.1 Å². The molecule has 1 amide bonds. The largest absolute Gasteiger partial charge is 0.493 e. The standard InChI is InChI=1S/C22H20N2O7/c1-13(25)31-20-17(29-2)10-14(11-18(20)30-3)9-16-22(28)24(12-19(26)27)21(23-16)15-7-5-4-6-8-15/h4-11H,12H2,1-3H3,(H,26,27)/b16-9-. The first kappa shape index (κ1) is 21.6. The van der Waals surface area contributed by atoms with Gasteiger partial charge in [0, 0.05) is 12.5 Å². The Morgan fingerprint density at radius 3 is 2.23 bits per heavy atom. The molecule has 0 bridgehead atoms. The summed E-state index contributed by atoms with van der Waals surface area (Å²) < 4.78 is 15.7. The SMILES string of the molecule is COc1cc(/C=C2\N=C(c3ccccc3)N(CC(=O)O)C2=O)cc(OC)c1OC(C)=O. The van der Waals surface area contributed by atoms with Gasteiger partial charge in [0.15, 0.2) is 11.5 Å². The Kier molecular flexibility index (Phi) is 6.35. The van der Waals surface area contributed by atoms with E-state index in [9.17, 15) is 19.5 Å². The van der Waals surface area contributed by atoms with Gasteiger partial charge in [-0.3, -0.25) is 19.3 Å². The van der Waals surface area contributed by atoms with Crippen LogP contribution in [0.3, 0.4) is 0 Å². The van der Waals surface area contributed by atoms with Crippen LogP contribution < -0.4 is 14.2 Å². The zero-order chi connectivity index (χ0) is 22.5. The highest BCUT2D eigenvalue weighted by atomic mass is 16.6. The van der Waals surface area contributed by atoms with Crippen LogP contribution in [0, 0.1) is 0 Å². The number of ether oxygens (including phenoxy) is 3. The third-order valence-corrected chi connectivity index (χ3v) is 4.30. The second-order valence-corrected chi connectivity index (χ2v) is 6.46. The fourth-order valence-electron chi connectivity index (χ4n) is 3.03. The summed E-state index contributed by atoms with van der Waals surface area (Å²) in [4.78, 5) is 41.1. The van der Waals surface area contributed by atoms with Crippen molar-refractivity contribution in [2.75, 3.05) is 20.8 Å². The van der Waals surface area contributed by atoms with Crippen molar-refractivity contribution in [1.82, 2.24) is 4.90 Å². The molecule has 0 atom stereocenters. The number of carboxylic acid groups (broad SMARTS) is 1. The number of carbonyl (C=O) groups excluding carboxylic acids is 2. The molecule has 0 saturated heterocycles. The molecule has 1 aliphatic rings. The second-order valence-electron chi connectivity index (χ2n) is 6.46. The summed E-state index contributed by atoms with van der Waals surface area (Å²) >= 11 is 0. The molecular weight excluding hydrogens is 404 g/mol. The van der Waals surface area contributed by atoms with Crippen molar-refractivity contribution >= 4 is 29.8 Å². The highest BCUT2D eigenvalue weighted by molar-refractivity contribution is 6.20. The third-order valence-electron chi connectivity index (χ3n) is 4.30. The lowest BCUT2D eigenvalue weighted by Gasteiger charge is -2.15. The molecule has 0 saturated carbocycles. The number of amidine groups is 1. The molecule has 0 radical (unpaired) electrons. The molecule has 0 fully saturated rings. The fourth-order valence-corrected chi connectivity index (χ4v) is 3.03. The van der Waals surface area contributed by atoms with Crippen LogP contribution in [0.25, 0.3) is 6.08 Å². The topological polar surface area (TPSA) is 115 Å². The molecule has 3 rings (SSSR count). The zero-order valence-corrected chi connectivity index (χ0v) is 17.1. The van der Waals surface area contributed by atoms with Crippen molar-refractivity contribution in [2.45, 2.75) is 6.92 Å². The Hall–Kier alpha value is -4.14. The van der Waals surface area contributed by atoms with E-state index in [0.717, 1.165) is 4.90 Å². The molecule has 0 unspecified atom stereocenters. The molecule has 0 spiro atoms. The summed E-state index contributed by atoms with van der Waals surface area (Å²) in [5.74, 6) is -1.46. The minimum absolute atomic E-state index is 0.0458. The van der Waals surface area contributed by atoms with Gasteiger partial charge in [-0.25, -0.2) is 4.99 Å². The predicted octanol–water partition coefficient (Wildman–Crippen LogP) is 2.34. The number of methoxy groups -OCH3 is 2. The molecule has 9 nitrogen and oxygen atoms in total. The number of hydrogen-bond donors (Lipinski definition) is 1. The number of carbonyl (C=O) groups is 3. The van der Waals surface area contributed by atoms with Crippen LogP contribution in [0.2, 0.25) is 0 Å². The quantitative estimate of drug-likeness (QED) is 0.412. The number of rotatable bonds is 7. The van der Waals surface area contributed by atoms with Crippen LogP contribution >= 0.6 is 0 Å². The van der Waals surface area contributed by atoms with Crippen molar-refractivity contribution < 1.29 is 33.7 Å². The first-order valence-corrected chi connectivity index (χ1v) is 9.18. The Bertz CT molecular complexity index is 1070. The molecule has 1 aliphatic heterocycles. The number of nitrogens with zero attached hydrogens (tertiary/aromatic N) is 2. The predicted molar refractivity (Wildman–Crippen MR) is 111 cm³/mol. The Morgan fingerprint density at radius 1 is 1.10 bits per heavy atom. The van der Waals surface area contributed by atoms with Crippen LogP contribution in [0.15, 0.2) is 53.2 Å². The number of benzene rings is 2. The van der Waals surface area contributed by atoms with E-state index in [1.165, 1.54) is 27.2 Å². The first-order chi connectivity index (χ1) is 14.8. The van der Waals surface area contributed by atoms with E-state index in [4.69, 9.17) is 14.2 Å². The number of aliphatic carboxylic acids is 1. The van der Waals surface area contributed by atoms with E-state index in [1.807, 2.05) is 6.07 Å². The summed E-state index contributed by atoms with van der Waals surface area (Å²) in [5.41, 5.74) is 1.15. The zero-order valence-electron chi connectivity index (χ0n) is 17.1. The average molecular weight is 424 g/mol. The highest BCUT2D eigenvalue weighted by Crippen LogP contribution is 2.39. The van der Waals surface area contributed by atoms with Gasteiger partial charge in [-0.2, -0.15) is 0 Å². The van der Waals surface area contributed by atoms with Crippen molar-refractivity contribution in [3.8, 4) is 17.2 Å². The van der Waals surface area contributed by atoms with Crippen molar-refractivity contribution in [1.29, 1.82) is 0 Å². The molecule has 2 aromatic carbocycles. The Balaban J connectivity index is 2.07. The molecule has 0 aliphatic carbocycles. The number of hydrogen-bond acceptors (Lipinski definition) is 7. The summed E-state index contributed by atoms with van der Waals surface area (Å²) in [6, 6.07) is 11.9. The van der Waals surface area contributed by atoms with Gasteiger partial charge in [0.2, 0.25) is 5.75 Å². The van der Waals surface area contributed by atoms with E-state index in [0.29, 0.717) is 11.1 Å². The van der Waals surface area contributed by atoms with Crippen LogP contribution in [-0.4, -0.2) is 54.5 Å². The molecule has 1 N–H and O–H groups in total. The fraction of sp³-hybridized carbons (Fsp3) is 0.182. The van der Waals surface area contributed by atoms with E-state index in [1.54, 1.807) is 36.4 Å². The van der Waals surface area contributed by atoms with Gasteiger partial charge in [0.1, 0.15) is 18.1 Å². The maximum atomic E-state index is 12.9. The average Bonchev–Trinajstić information content (AvgIpc) is 3.04. The number of carboxylic acids is 1. The van der Waals surface area contributed by atoms with Gasteiger partial charge in [0.25, 0.3) is 5.91 Å². The van der Waals surface area contributed by atoms with Crippen molar-refractivity contribution in [2.24, 2.45) is 4.99 Å². The van der Waals surface area contributed by atoms with E-state index in [-0.39, 0.29) is 28.8 Å². The van der Waals surface area contributed by atoms with E-state index in [2.05, 4.69) is 4.99 Å². The molecule has 2 aromatic rings. The highest BCUT2D eigenvalue weighted by Gasteiger charge is 2.32. The van der Waals surface area contributed by atoms with Gasteiger partial charge < -0.3 is 19.3 Å². The first-order valence-electron chi connectivity index (χ1n) is 9.18. The molecule has 0 aromatic heterocycles. The maximum Gasteiger partial charge on any atom is 0.323 e. The van der Waals surface area contributed by atoms with Gasteiger partial charge in [-0.05, 0) is 23.8 Å². The van der Waals surface area contributed by atoms with Crippen molar-refractivity contribution in [3.63, 3.8) is 0 Å². The van der Waals surface area contributed by atoms with Crippen LogP contribution in [0.4, 0.5) is 0 Å². The van der Waals surface area contributed by atoms with Gasteiger partial charge in [-0.15, -0.1) is 0 Å². The molecule has 1 heterocycles. The monoisotopic (exact) mass is 424 g/mol. The molecule has 160 valence electrons. The summed E-state index contributed by atoms with van der Waals surface area (Å²) in [6.07, 6.45) is 1.48. The van der Waals surface area contributed by atoms with Crippen LogP contribution in [-0.2, 0) is 14.4 Å². The maximum absolute atomic E-state index is 12.9. The molecule has 31 heavy (non-hydrogen) atoms. The van der Waals surface area contributed by atoms with Crippen LogP contribution in [0.5, 0.6) is 17.2 Å². The minimum Gasteiger partial charge on any atom is -0.493 e. The number of aliphatic imine (C=N–C) groups is 1. The van der Waals surface area contributed by atoms with E-state index >= 15 is 0 Å².